The number of nitrogens with one attached hydrogen (secondary N) is 3. The van der Waals surface area contributed by atoms with Crippen molar-refractivity contribution in [2.24, 2.45) is 21.6 Å². The smallest absolute Gasteiger partial charge is 0.388 e. The second-order valence-electron chi connectivity index (χ2n) is 9.44. The number of pyridine rings is 1. The summed E-state index contributed by atoms with van der Waals surface area (Å²) in [4.78, 5) is 41.9. The molecule has 1 heterocycles. The van der Waals surface area contributed by atoms with E-state index >= 15 is 0 Å². The first-order chi connectivity index (χ1) is 26.3. The number of alkyl carbamates (subject to hydrolysis) is 1. The molecule has 0 aromatic carbocycles. The minimum absolute atomic E-state index is 0. The van der Waals surface area contributed by atoms with Crippen LogP contribution in [0.25, 0.3) is 0 Å². The summed E-state index contributed by atoms with van der Waals surface area (Å²) in [6, 6.07) is 3.30. The summed E-state index contributed by atoms with van der Waals surface area (Å²) in [7, 11) is 0. The van der Waals surface area contributed by atoms with Crippen molar-refractivity contribution < 1.29 is 70.6 Å². The third-order valence-corrected chi connectivity index (χ3v) is 5.92. The second-order valence-corrected chi connectivity index (χ2v) is 9.44. The van der Waals surface area contributed by atoms with Crippen LogP contribution in [0.15, 0.2) is 40.3 Å². The molecule has 1 aliphatic carbocycles. The minimum Gasteiger partial charge on any atom is -0.388 e. The van der Waals surface area contributed by atoms with E-state index in [1.54, 1.807) is 36.7 Å². The predicted octanol–water partition coefficient (Wildman–Crippen LogP) is 4.26. The Bertz CT molecular complexity index is 1790. The number of nitrogens with zero attached hydrogens (tertiary/aromatic N) is 5. The van der Waals surface area contributed by atoms with E-state index in [4.69, 9.17) is 15.5 Å². The molecule has 20 nitrogen and oxygen atoms in total. The van der Waals surface area contributed by atoms with E-state index in [9.17, 15) is 19.7 Å². The number of amides is 2. The number of ether oxygens (including phenoxy) is 1. The van der Waals surface area contributed by atoms with Crippen molar-refractivity contribution in [2.45, 2.75) is 65.6 Å². The first-order valence-corrected chi connectivity index (χ1v) is 15.4. The molecule has 1 aromatic rings. The monoisotopic (exact) mass is 764 g/mol. The molecular weight excluding hydrogens is 712 g/mol. The van der Waals surface area contributed by atoms with Crippen LogP contribution in [0, 0.1) is 104 Å². The van der Waals surface area contributed by atoms with Crippen LogP contribution < -0.4 is 15.2 Å². The molecule has 54 heavy (non-hydrogen) atoms. The first kappa shape index (κ1) is 46.8. The molecule has 0 bridgehead atoms. The van der Waals surface area contributed by atoms with Crippen molar-refractivity contribution in [3.8, 4) is 82.9 Å². The van der Waals surface area contributed by atoms with E-state index in [0.29, 0.717) is 11.5 Å². The lowest BCUT2D eigenvalue weighted by atomic mass is 9.85. The van der Waals surface area contributed by atoms with Crippen molar-refractivity contribution >= 4 is 12.0 Å². The van der Waals surface area contributed by atoms with Crippen LogP contribution in [-0.4, -0.2) is 41.5 Å². The maximum atomic E-state index is 12.0. The molecule has 1 aliphatic rings. The summed E-state index contributed by atoms with van der Waals surface area (Å²) in [6.07, 6.45) is 8.63. The largest absolute Gasteiger partial charge is 0.412 e. The molecular formula is C34H52N8O12+2. The molecule has 0 aliphatic heterocycles. The van der Waals surface area contributed by atoms with Gasteiger partial charge in [0.1, 0.15) is 17.2 Å². The van der Waals surface area contributed by atoms with Gasteiger partial charge in [0, 0.05) is 50.4 Å². The zero-order valence-electron chi connectivity index (χ0n) is 29.3. The Morgan fingerprint density at radius 2 is 1.59 bits per heavy atom. The van der Waals surface area contributed by atoms with Gasteiger partial charge in [0.25, 0.3) is 17.7 Å². The third-order valence-electron chi connectivity index (χ3n) is 5.92. The average Bonchev–Trinajstić information content (AvgIpc) is 3.18. The molecule has 298 valence electrons. The van der Waals surface area contributed by atoms with E-state index in [1.807, 2.05) is 6.92 Å². The van der Waals surface area contributed by atoms with Gasteiger partial charge in [-0.15, -0.1) is 10.1 Å². The molecule has 2 rings (SSSR count). The van der Waals surface area contributed by atoms with Crippen LogP contribution in [0.1, 0.15) is 74.6 Å². The molecule has 0 saturated heterocycles. The van der Waals surface area contributed by atoms with Gasteiger partial charge in [-0.1, -0.05) is 31.1 Å². The predicted molar refractivity (Wildman–Crippen MR) is 199 cm³/mol. The van der Waals surface area contributed by atoms with Crippen LogP contribution in [-0.2, 0) is 41.4 Å². The van der Waals surface area contributed by atoms with Gasteiger partial charge in [0.2, 0.25) is 0 Å². The highest BCUT2D eigenvalue weighted by Crippen LogP contribution is 2.26. The molecule has 5 N–H and O–H groups in total. The summed E-state index contributed by atoms with van der Waals surface area (Å²) in [5.74, 6) is 35.7. The fourth-order valence-electron chi connectivity index (χ4n) is 3.76. The number of aromatic nitrogens is 1. The quantitative estimate of drug-likeness (QED) is 0.0332. The van der Waals surface area contributed by atoms with Gasteiger partial charge in [-0.2, -0.15) is 15.1 Å². The zero-order valence-corrected chi connectivity index (χ0v) is 29.3. The van der Waals surface area contributed by atoms with E-state index in [0.717, 1.165) is 12.8 Å². The number of hydrogen-bond donors (Lipinski definition) is 3. The first-order valence-electron chi connectivity index (χ1n) is 15.4. The number of rotatable bonds is 15. The van der Waals surface area contributed by atoms with Crippen molar-refractivity contribution in [1.29, 1.82) is 5.53 Å². The molecule has 0 spiro atoms. The molecule has 0 radical (unpaired) electrons. The van der Waals surface area contributed by atoms with E-state index in [1.165, 1.54) is 25.5 Å². The van der Waals surface area contributed by atoms with Crippen molar-refractivity contribution in [1.82, 2.24) is 10.6 Å². The molecule has 0 unspecified atom stereocenters. The Hall–Kier alpha value is -7.19. The number of carbonyl (C=O) groups is 2. The summed E-state index contributed by atoms with van der Waals surface area (Å²) >= 11 is 0. The highest BCUT2D eigenvalue weighted by atomic mass is 17.8. The molecule has 1 aromatic heterocycles. The fraction of sp³-hybridized carbons (Fsp3) is 0.382. The average molecular weight is 765 g/mol. The van der Waals surface area contributed by atoms with Gasteiger partial charge in [0.05, 0.1) is 5.28 Å². The fourth-order valence-corrected chi connectivity index (χ4v) is 3.76. The summed E-state index contributed by atoms with van der Waals surface area (Å²) < 4.78 is 6.80. The summed E-state index contributed by atoms with van der Waals surface area (Å²) in [5.41, 5.74) is 6.36. The van der Waals surface area contributed by atoms with Crippen LogP contribution in [0.3, 0.4) is 0 Å². The number of hydrogen-bond acceptors (Lipinski definition) is 13. The molecule has 1 fully saturated rings. The molecule has 1 atom stereocenters. The van der Waals surface area contributed by atoms with E-state index < -0.39 is 17.1 Å². The van der Waals surface area contributed by atoms with Gasteiger partial charge in [-0.25, -0.2) is 10.1 Å². The number of carbonyl (C=O) groups excluding carboxylic acids is 2. The van der Waals surface area contributed by atoms with Gasteiger partial charge in [-0.05, 0) is 122 Å². The molecule has 2 amide bonds. The normalized spacial score (nSPS) is 11.0. The Morgan fingerprint density at radius 3 is 2.13 bits per heavy atom. The SMILES string of the molecule is CC#CC#CC#CC#CC#CC#CC#CC.C[C@H](NC(=O)OC[n+]1cccc(C(=O)NCCO[N+](=O)[O-])c1)C1CCCCC1.N=N/N=N/OOOOO[OH2+].[HH].[HH].[HH].[HH].[HH].[HH].[HH].[HH]. The lowest BCUT2D eigenvalue weighted by Crippen LogP contribution is -2.43. The van der Waals surface area contributed by atoms with Gasteiger partial charge in [0.15, 0.2) is 12.4 Å². The third kappa shape index (κ3) is 28.6. The standard InChI is InChI=1S/C18H26N4O6.C16H6.H2N4O6.8H2/c1-14(15-6-3-2-4-7-15)20-18(24)27-13-21-10-5-8-16(12-21)17(23)19-9-11-28-22(25)26;1-3-5-7-9-11-13-15-16-14-12-10-8-6-4-2;1-2-3-4-6-8-10-9-7-5;;;;;;;;/h5,8,10,12,14-15H,2-4,6-7,9,11,13H2,1H3,(H-,19,20,23,24);1-2H3;1,5H;8*1H/p+2/b;;2-1?,4-3+;;;;;;;;/t14-;;;;;;;;;;/m0........../s1. The van der Waals surface area contributed by atoms with Crippen molar-refractivity contribution in [2.75, 3.05) is 13.2 Å². The van der Waals surface area contributed by atoms with Crippen molar-refractivity contribution in [3.63, 3.8) is 0 Å². The zero-order chi connectivity index (χ0) is 39.9. The van der Waals surface area contributed by atoms with Crippen LogP contribution in [0.4, 0.5) is 4.79 Å². The second kappa shape index (κ2) is 34.3. The van der Waals surface area contributed by atoms with Crippen LogP contribution in [0.2, 0.25) is 0 Å². The Balaban J connectivity index is -0.000000102. The summed E-state index contributed by atoms with van der Waals surface area (Å²) in [6.45, 7) is 5.16. The van der Waals surface area contributed by atoms with Gasteiger partial charge in [-0.3, -0.25) is 4.79 Å². The highest BCUT2D eigenvalue weighted by molar-refractivity contribution is 5.93. The van der Waals surface area contributed by atoms with Crippen LogP contribution in [0.5, 0.6) is 0 Å². The molecule has 1 saturated carbocycles. The lowest BCUT2D eigenvalue weighted by Gasteiger charge is -2.27. The Labute approximate surface area is 322 Å². The Morgan fingerprint density at radius 1 is 1.00 bits per heavy atom. The topological polar surface area (TPSA) is 254 Å². The van der Waals surface area contributed by atoms with Gasteiger partial charge >= 0.3 is 6.09 Å². The van der Waals surface area contributed by atoms with Crippen molar-refractivity contribution in [3.05, 3.63) is 40.2 Å². The maximum Gasteiger partial charge on any atom is 0.412 e. The van der Waals surface area contributed by atoms with E-state index in [-0.39, 0.29) is 37.3 Å². The maximum absolute atomic E-state index is 12.0. The molecule has 20 heteroatoms. The lowest BCUT2D eigenvalue weighted by molar-refractivity contribution is -0.757. The summed E-state index contributed by atoms with van der Waals surface area (Å²) in [5, 5.41) is 41.4. The highest BCUT2D eigenvalue weighted by Gasteiger charge is 2.22. The van der Waals surface area contributed by atoms with Crippen LogP contribution >= 0.6 is 0 Å². The van der Waals surface area contributed by atoms with Gasteiger partial charge < -0.3 is 20.2 Å². The Kier molecular flexibility index (Phi) is 29.7. The van der Waals surface area contributed by atoms with E-state index in [2.05, 4.69) is 139 Å². The minimum atomic E-state index is -0.917.